The SMILES string of the molecule is c1ccc(-c2ccccc2-c2nc(-c3cccc(C45c6ccccc6Oc6cccc(c64)-c4ccccc45)c3)nc(-c3cccc4ccccc34)n2)cc1. The largest absolute Gasteiger partial charge is 0.457 e. The van der Waals surface area contributed by atoms with Gasteiger partial charge in [0.15, 0.2) is 17.5 Å². The van der Waals surface area contributed by atoms with Gasteiger partial charge in [0.1, 0.15) is 11.5 Å². The second-order valence-corrected chi connectivity index (χ2v) is 13.9. The van der Waals surface area contributed by atoms with Crippen molar-refractivity contribution in [1.29, 1.82) is 0 Å². The number of rotatable bonds is 5. The molecule has 0 saturated heterocycles. The highest BCUT2D eigenvalue weighted by atomic mass is 16.5. The predicted octanol–water partition coefficient (Wildman–Crippen LogP) is 12.2. The summed E-state index contributed by atoms with van der Waals surface area (Å²) in [6.07, 6.45) is 0. The van der Waals surface area contributed by atoms with E-state index >= 15 is 0 Å². The Balaban J connectivity index is 1.18. The fourth-order valence-corrected chi connectivity index (χ4v) is 8.73. The van der Waals surface area contributed by atoms with Crippen molar-refractivity contribution < 1.29 is 4.74 Å². The lowest BCUT2D eigenvalue weighted by molar-refractivity contribution is 0.438. The van der Waals surface area contributed by atoms with Crippen LogP contribution in [0.15, 0.2) is 188 Å². The summed E-state index contributed by atoms with van der Waals surface area (Å²) in [6.45, 7) is 0. The Hall–Kier alpha value is -7.17. The van der Waals surface area contributed by atoms with E-state index in [1.807, 2.05) is 12.1 Å². The molecule has 1 aliphatic carbocycles. The highest BCUT2D eigenvalue weighted by Crippen LogP contribution is 2.63. The Morgan fingerprint density at radius 3 is 1.83 bits per heavy atom. The van der Waals surface area contributed by atoms with Gasteiger partial charge >= 0.3 is 0 Å². The molecule has 252 valence electrons. The van der Waals surface area contributed by atoms with Gasteiger partial charge < -0.3 is 4.74 Å². The van der Waals surface area contributed by atoms with Gasteiger partial charge in [-0.15, -0.1) is 0 Å². The lowest BCUT2D eigenvalue weighted by Crippen LogP contribution is -2.32. The first kappa shape index (κ1) is 30.5. The Labute approximate surface area is 313 Å². The van der Waals surface area contributed by atoms with E-state index in [0.29, 0.717) is 17.5 Å². The molecule has 4 heteroatoms. The second kappa shape index (κ2) is 11.9. The Morgan fingerprint density at radius 2 is 0.944 bits per heavy atom. The van der Waals surface area contributed by atoms with Crippen LogP contribution in [0.1, 0.15) is 22.3 Å². The van der Waals surface area contributed by atoms with Crippen molar-refractivity contribution in [2.45, 2.75) is 5.41 Å². The molecule has 0 N–H and O–H groups in total. The number of fused-ring (bicyclic) bond motifs is 6. The monoisotopic (exact) mass is 689 g/mol. The average molecular weight is 690 g/mol. The zero-order chi connectivity index (χ0) is 35.6. The van der Waals surface area contributed by atoms with E-state index in [4.69, 9.17) is 19.7 Å². The lowest BCUT2D eigenvalue weighted by atomic mass is 9.66. The minimum Gasteiger partial charge on any atom is -0.457 e. The van der Waals surface area contributed by atoms with Crippen LogP contribution >= 0.6 is 0 Å². The van der Waals surface area contributed by atoms with Crippen molar-refractivity contribution in [3.8, 4) is 67.9 Å². The van der Waals surface area contributed by atoms with Crippen LogP contribution in [0, 0.1) is 0 Å². The molecule has 1 atom stereocenters. The average Bonchev–Trinajstić information content (AvgIpc) is 3.56. The first-order chi connectivity index (χ1) is 26.8. The summed E-state index contributed by atoms with van der Waals surface area (Å²) in [5.74, 6) is 3.62. The summed E-state index contributed by atoms with van der Waals surface area (Å²) in [5.41, 5.74) is 11.5. The standard InChI is InChI=1S/C50H31N3O/c1-2-15-32(16-3-1)36-22-6-7-24-40(36)48-51-47(52-49(53-48)41-26-13-18-33-17-4-5-21-37(33)41)34-19-12-20-35(31-34)50-42-27-9-8-23-38(42)39-25-14-30-45(46(39)50)54-44-29-11-10-28-43(44)50/h1-31H. The number of nitrogens with zero attached hydrogens (tertiary/aromatic N) is 3. The predicted molar refractivity (Wildman–Crippen MR) is 216 cm³/mol. The maximum absolute atomic E-state index is 6.64. The molecular formula is C50H31N3O. The van der Waals surface area contributed by atoms with Crippen LogP contribution < -0.4 is 4.74 Å². The van der Waals surface area contributed by atoms with Crippen LogP contribution in [0.2, 0.25) is 0 Å². The Bertz CT molecular complexity index is 2930. The maximum Gasteiger partial charge on any atom is 0.164 e. The van der Waals surface area contributed by atoms with Crippen LogP contribution in [0.4, 0.5) is 0 Å². The van der Waals surface area contributed by atoms with E-state index < -0.39 is 5.41 Å². The lowest BCUT2D eigenvalue weighted by Gasteiger charge is -2.39. The van der Waals surface area contributed by atoms with Gasteiger partial charge in [0.05, 0.1) is 5.41 Å². The molecule has 54 heavy (non-hydrogen) atoms. The van der Waals surface area contributed by atoms with Gasteiger partial charge in [0.25, 0.3) is 0 Å². The molecule has 2 heterocycles. The summed E-state index contributed by atoms with van der Waals surface area (Å²) < 4.78 is 6.64. The van der Waals surface area contributed by atoms with Crippen molar-refractivity contribution in [2.24, 2.45) is 0 Å². The molecule has 1 unspecified atom stereocenters. The van der Waals surface area contributed by atoms with Crippen molar-refractivity contribution in [2.75, 3.05) is 0 Å². The summed E-state index contributed by atoms with van der Waals surface area (Å²) >= 11 is 0. The molecule has 2 aliphatic rings. The van der Waals surface area contributed by atoms with Gasteiger partial charge in [-0.05, 0) is 62.4 Å². The van der Waals surface area contributed by atoms with Crippen molar-refractivity contribution in [3.63, 3.8) is 0 Å². The summed E-state index contributed by atoms with van der Waals surface area (Å²) in [7, 11) is 0. The third-order valence-corrected chi connectivity index (χ3v) is 11.0. The van der Waals surface area contributed by atoms with E-state index in [0.717, 1.165) is 61.2 Å². The summed E-state index contributed by atoms with van der Waals surface area (Å²) in [6, 6.07) is 65.9. The third kappa shape index (κ3) is 4.47. The van der Waals surface area contributed by atoms with Crippen LogP contribution in [0.3, 0.4) is 0 Å². The zero-order valence-electron chi connectivity index (χ0n) is 29.1. The normalized spacial score (nSPS) is 14.9. The molecule has 1 aliphatic heterocycles. The second-order valence-electron chi connectivity index (χ2n) is 13.9. The minimum atomic E-state index is -0.596. The van der Waals surface area contributed by atoms with E-state index in [9.17, 15) is 0 Å². The van der Waals surface area contributed by atoms with Gasteiger partial charge in [0.2, 0.25) is 0 Å². The number of benzene rings is 8. The molecule has 9 aromatic rings. The first-order valence-electron chi connectivity index (χ1n) is 18.3. The fourth-order valence-electron chi connectivity index (χ4n) is 8.73. The smallest absolute Gasteiger partial charge is 0.164 e. The van der Waals surface area contributed by atoms with E-state index in [1.165, 1.54) is 22.3 Å². The van der Waals surface area contributed by atoms with Gasteiger partial charge in [-0.1, -0.05) is 170 Å². The van der Waals surface area contributed by atoms with Gasteiger partial charge in [-0.25, -0.2) is 15.0 Å². The molecule has 0 bridgehead atoms. The molecule has 0 spiro atoms. The van der Waals surface area contributed by atoms with Crippen LogP contribution in [0.25, 0.3) is 67.2 Å². The van der Waals surface area contributed by atoms with E-state index in [2.05, 4.69) is 176 Å². The molecule has 11 rings (SSSR count). The molecule has 1 aromatic heterocycles. The highest BCUT2D eigenvalue weighted by Gasteiger charge is 2.51. The van der Waals surface area contributed by atoms with Crippen LogP contribution in [-0.2, 0) is 5.41 Å². The summed E-state index contributed by atoms with van der Waals surface area (Å²) in [5, 5.41) is 2.23. The quantitative estimate of drug-likeness (QED) is 0.180. The van der Waals surface area contributed by atoms with E-state index in [1.54, 1.807) is 0 Å². The van der Waals surface area contributed by atoms with E-state index in [-0.39, 0.29) is 0 Å². The molecule has 0 amide bonds. The van der Waals surface area contributed by atoms with Gasteiger partial charge in [0, 0.05) is 27.8 Å². The fraction of sp³-hybridized carbons (Fsp3) is 0.0200. The molecule has 0 radical (unpaired) electrons. The topological polar surface area (TPSA) is 47.9 Å². The highest BCUT2D eigenvalue weighted by molar-refractivity contribution is 5.96. The molecule has 4 nitrogen and oxygen atoms in total. The maximum atomic E-state index is 6.64. The number of hydrogen-bond acceptors (Lipinski definition) is 4. The number of ether oxygens (including phenoxy) is 1. The molecular weight excluding hydrogens is 659 g/mol. The van der Waals surface area contributed by atoms with Crippen molar-refractivity contribution >= 4 is 10.8 Å². The number of para-hydroxylation sites is 1. The minimum absolute atomic E-state index is 0.596. The van der Waals surface area contributed by atoms with Crippen molar-refractivity contribution in [1.82, 2.24) is 15.0 Å². The van der Waals surface area contributed by atoms with Gasteiger partial charge in [-0.2, -0.15) is 0 Å². The van der Waals surface area contributed by atoms with Crippen LogP contribution in [-0.4, -0.2) is 15.0 Å². The van der Waals surface area contributed by atoms with Crippen molar-refractivity contribution in [3.05, 3.63) is 210 Å². The molecule has 0 fully saturated rings. The molecule has 0 saturated carbocycles. The zero-order valence-corrected chi connectivity index (χ0v) is 29.1. The van der Waals surface area contributed by atoms with Gasteiger partial charge in [-0.3, -0.25) is 0 Å². The molecule has 8 aromatic carbocycles. The van der Waals surface area contributed by atoms with Crippen LogP contribution in [0.5, 0.6) is 11.5 Å². The first-order valence-corrected chi connectivity index (χ1v) is 18.3. The Morgan fingerprint density at radius 1 is 0.370 bits per heavy atom. The number of hydrogen-bond donors (Lipinski definition) is 0. The summed E-state index contributed by atoms with van der Waals surface area (Å²) in [4.78, 5) is 15.8. The third-order valence-electron chi connectivity index (χ3n) is 11.0. The number of aromatic nitrogens is 3. The Kier molecular flexibility index (Phi) is 6.73.